The highest BCUT2D eigenvalue weighted by Crippen LogP contribution is 2.30. The Morgan fingerprint density at radius 3 is 2.64 bits per heavy atom. The van der Waals surface area contributed by atoms with Crippen LogP contribution in [-0.2, 0) is 23.1 Å². The molecular formula is C24H24N6O5S. The molecule has 0 atom stereocenters. The lowest BCUT2D eigenvalue weighted by atomic mass is 10.2. The number of nitro groups is 1. The van der Waals surface area contributed by atoms with E-state index in [1.165, 1.54) is 30.0 Å². The number of hydrogen-bond acceptors (Lipinski definition) is 8. The zero-order chi connectivity index (χ0) is 25.9. The number of fused-ring (bicyclic) bond motifs is 1. The monoisotopic (exact) mass is 508 g/mol. The second-order valence-electron chi connectivity index (χ2n) is 8.21. The van der Waals surface area contributed by atoms with E-state index in [-0.39, 0.29) is 47.0 Å². The first-order valence-electron chi connectivity index (χ1n) is 11.0. The summed E-state index contributed by atoms with van der Waals surface area (Å²) >= 11 is 0. The molecule has 0 amide bonds. The van der Waals surface area contributed by atoms with Gasteiger partial charge in [-0.2, -0.15) is 0 Å². The first kappa shape index (κ1) is 24.9. The highest BCUT2D eigenvalue weighted by atomic mass is 32.2. The Kier molecular flexibility index (Phi) is 7.08. The molecule has 2 aromatic heterocycles. The Hall–Kier alpha value is -4.16. The molecule has 0 aliphatic carbocycles. The molecule has 11 nitrogen and oxygen atoms in total. The van der Waals surface area contributed by atoms with E-state index in [2.05, 4.69) is 20.0 Å². The molecule has 0 unspecified atom stereocenters. The molecule has 4 rings (SSSR count). The average Bonchev–Trinajstić information content (AvgIpc) is 2.85. The third-order valence-electron chi connectivity index (χ3n) is 5.78. The number of nitrogens with zero attached hydrogens (tertiary/aromatic N) is 4. The van der Waals surface area contributed by atoms with Gasteiger partial charge in [0.25, 0.3) is 11.2 Å². The quantitative estimate of drug-likeness (QED) is 0.259. The van der Waals surface area contributed by atoms with Gasteiger partial charge in [0.1, 0.15) is 4.90 Å². The van der Waals surface area contributed by atoms with Crippen LogP contribution in [0.2, 0.25) is 0 Å². The van der Waals surface area contributed by atoms with Gasteiger partial charge in [0.2, 0.25) is 10.0 Å². The minimum absolute atomic E-state index is 0.00956. The van der Waals surface area contributed by atoms with Gasteiger partial charge in [-0.15, -0.1) is 0 Å². The van der Waals surface area contributed by atoms with Gasteiger partial charge >= 0.3 is 0 Å². The Labute approximate surface area is 207 Å². The van der Waals surface area contributed by atoms with Gasteiger partial charge in [-0.05, 0) is 49.2 Å². The van der Waals surface area contributed by atoms with E-state index in [0.29, 0.717) is 16.5 Å². The predicted octanol–water partition coefficient (Wildman–Crippen LogP) is 2.91. The molecule has 0 bridgehead atoms. The SMILES string of the molecule is Cc1ccncc1CNS(=O)(=O)c1cc(C)c([N+](=O)[O-])cc1NCCn1cnc2ccccc2c1=O. The number of rotatable bonds is 9. The van der Waals surface area contributed by atoms with Gasteiger partial charge < -0.3 is 5.32 Å². The van der Waals surface area contributed by atoms with Crippen molar-refractivity contribution in [2.24, 2.45) is 0 Å². The molecule has 0 spiro atoms. The third kappa shape index (κ3) is 5.24. The molecule has 186 valence electrons. The van der Waals surface area contributed by atoms with Crippen molar-refractivity contribution in [2.45, 2.75) is 31.8 Å². The maximum Gasteiger partial charge on any atom is 0.274 e. The standard InChI is InChI=1S/C24H24N6O5S/c1-16-7-8-25-13-18(16)14-28-36(34,35)23-11-17(2)22(30(32)33)12-21(23)26-9-10-29-15-27-20-6-4-3-5-19(20)24(29)31/h3-8,11-13,15,26,28H,9-10,14H2,1-2H3. The number of anilines is 1. The molecule has 0 aliphatic rings. The van der Waals surface area contributed by atoms with Gasteiger partial charge in [0, 0.05) is 43.7 Å². The fourth-order valence-corrected chi connectivity index (χ4v) is 4.99. The maximum absolute atomic E-state index is 13.2. The summed E-state index contributed by atoms with van der Waals surface area (Å²) in [5.41, 5.74) is 1.97. The van der Waals surface area contributed by atoms with Gasteiger partial charge in [-0.3, -0.25) is 24.5 Å². The molecule has 36 heavy (non-hydrogen) atoms. The van der Waals surface area contributed by atoms with Crippen molar-refractivity contribution >= 4 is 32.3 Å². The van der Waals surface area contributed by atoms with Crippen LogP contribution in [0, 0.1) is 24.0 Å². The number of nitrogens with one attached hydrogen (secondary N) is 2. The fraction of sp³-hybridized carbons (Fsp3) is 0.208. The lowest BCUT2D eigenvalue weighted by Gasteiger charge is -2.15. The molecule has 4 aromatic rings. The summed E-state index contributed by atoms with van der Waals surface area (Å²) in [5.74, 6) is 0. The Morgan fingerprint density at radius 2 is 1.89 bits per heavy atom. The molecule has 0 radical (unpaired) electrons. The number of benzene rings is 2. The Bertz CT molecular complexity index is 1620. The average molecular weight is 509 g/mol. The van der Waals surface area contributed by atoms with Crippen molar-refractivity contribution in [3.8, 4) is 0 Å². The summed E-state index contributed by atoms with van der Waals surface area (Å²) in [6.45, 7) is 3.63. The summed E-state index contributed by atoms with van der Waals surface area (Å²) in [6, 6.07) is 11.2. The van der Waals surface area contributed by atoms with Crippen LogP contribution in [0.4, 0.5) is 11.4 Å². The topological polar surface area (TPSA) is 149 Å². The van der Waals surface area contributed by atoms with Gasteiger partial charge in [-0.1, -0.05) is 12.1 Å². The van der Waals surface area contributed by atoms with Crippen molar-refractivity contribution < 1.29 is 13.3 Å². The molecule has 0 saturated carbocycles. The lowest BCUT2D eigenvalue weighted by Crippen LogP contribution is -2.26. The maximum atomic E-state index is 13.2. The number of nitro benzene ring substituents is 1. The van der Waals surface area contributed by atoms with Gasteiger partial charge in [-0.25, -0.2) is 18.1 Å². The zero-order valence-electron chi connectivity index (χ0n) is 19.6. The normalized spacial score (nSPS) is 11.5. The van der Waals surface area contributed by atoms with Crippen LogP contribution >= 0.6 is 0 Å². The molecular weight excluding hydrogens is 484 g/mol. The van der Waals surface area contributed by atoms with Gasteiger partial charge in [0.05, 0.1) is 27.8 Å². The van der Waals surface area contributed by atoms with E-state index in [0.717, 1.165) is 5.56 Å². The number of sulfonamides is 1. The number of pyridine rings is 1. The number of aryl methyl sites for hydroxylation is 2. The first-order valence-corrected chi connectivity index (χ1v) is 12.5. The van der Waals surface area contributed by atoms with Crippen LogP contribution in [0.3, 0.4) is 0 Å². The molecule has 0 saturated heterocycles. The Balaban J connectivity index is 1.60. The second kappa shape index (κ2) is 10.2. The molecule has 2 heterocycles. The van der Waals surface area contributed by atoms with Crippen LogP contribution in [0.5, 0.6) is 0 Å². The van der Waals surface area contributed by atoms with Crippen molar-refractivity contribution in [1.29, 1.82) is 0 Å². The molecule has 0 fully saturated rings. The van der Waals surface area contributed by atoms with E-state index in [1.807, 2.05) is 6.92 Å². The largest absolute Gasteiger partial charge is 0.382 e. The summed E-state index contributed by atoms with van der Waals surface area (Å²) < 4.78 is 30.3. The van der Waals surface area contributed by atoms with Crippen molar-refractivity contribution in [3.63, 3.8) is 0 Å². The van der Waals surface area contributed by atoms with Gasteiger partial charge in [0.15, 0.2) is 0 Å². The minimum atomic E-state index is -4.05. The van der Waals surface area contributed by atoms with Crippen LogP contribution in [0.25, 0.3) is 10.9 Å². The molecule has 2 aromatic carbocycles. The summed E-state index contributed by atoms with van der Waals surface area (Å²) in [5, 5.41) is 14.9. The second-order valence-corrected chi connectivity index (χ2v) is 9.94. The van der Waals surface area contributed by atoms with Crippen LogP contribution in [0.15, 0.2) is 70.9 Å². The van der Waals surface area contributed by atoms with E-state index in [4.69, 9.17) is 0 Å². The van der Waals surface area contributed by atoms with E-state index in [9.17, 15) is 23.3 Å². The third-order valence-corrected chi connectivity index (χ3v) is 7.23. The van der Waals surface area contributed by atoms with Crippen LogP contribution < -0.4 is 15.6 Å². The zero-order valence-corrected chi connectivity index (χ0v) is 20.4. The van der Waals surface area contributed by atoms with E-state index in [1.54, 1.807) is 42.7 Å². The molecule has 12 heteroatoms. The van der Waals surface area contributed by atoms with Crippen molar-refractivity contribution in [1.82, 2.24) is 19.3 Å². The number of para-hydroxylation sites is 1. The van der Waals surface area contributed by atoms with Crippen molar-refractivity contribution in [2.75, 3.05) is 11.9 Å². The lowest BCUT2D eigenvalue weighted by molar-refractivity contribution is -0.385. The molecule has 2 N–H and O–H groups in total. The first-order chi connectivity index (χ1) is 17.2. The highest BCUT2D eigenvalue weighted by Gasteiger charge is 2.24. The number of aromatic nitrogens is 3. The van der Waals surface area contributed by atoms with Crippen molar-refractivity contribution in [3.05, 3.63) is 98.3 Å². The Morgan fingerprint density at radius 1 is 1.11 bits per heavy atom. The summed E-state index contributed by atoms with van der Waals surface area (Å²) in [6.07, 6.45) is 4.61. The van der Waals surface area contributed by atoms with Crippen LogP contribution in [-0.4, -0.2) is 34.4 Å². The highest BCUT2D eigenvalue weighted by molar-refractivity contribution is 7.89. The molecule has 0 aliphatic heterocycles. The smallest absolute Gasteiger partial charge is 0.274 e. The summed E-state index contributed by atoms with van der Waals surface area (Å²) in [7, 11) is -4.05. The number of hydrogen-bond donors (Lipinski definition) is 2. The predicted molar refractivity (Wildman–Crippen MR) is 135 cm³/mol. The minimum Gasteiger partial charge on any atom is -0.382 e. The van der Waals surface area contributed by atoms with E-state index < -0.39 is 14.9 Å². The summed E-state index contributed by atoms with van der Waals surface area (Å²) in [4.78, 5) is 31.8. The van der Waals surface area contributed by atoms with Crippen LogP contribution in [0.1, 0.15) is 16.7 Å². The fourth-order valence-electron chi connectivity index (χ4n) is 3.74. The van der Waals surface area contributed by atoms with E-state index >= 15 is 0 Å².